The van der Waals surface area contributed by atoms with E-state index in [1.807, 2.05) is 31.2 Å². The van der Waals surface area contributed by atoms with Crippen molar-refractivity contribution in [2.45, 2.75) is 98.5 Å². The molecule has 6 atom stereocenters. The summed E-state index contributed by atoms with van der Waals surface area (Å²) in [6, 6.07) is 7.39. The lowest BCUT2D eigenvalue weighted by Gasteiger charge is -2.44. The molecule has 0 N–H and O–H groups in total. The Labute approximate surface area is 309 Å². The lowest BCUT2D eigenvalue weighted by atomic mass is 9.83. The monoisotopic (exact) mass is 751 g/mol. The number of benzene rings is 1. The Bertz CT molecular complexity index is 2040. The molecule has 2 aliphatic heterocycles. The Hall–Kier alpha value is -5.91. The molecule has 1 aromatic carbocycles. The minimum atomic E-state index is -1.43. The highest BCUT2D eigenvalue weighted by molar-refractivity contribution is 5.92. The van der Waals surface area contributed by atoms with Gasteiger partial charge in [0.25, 0.3) is 5.56 Å². The van der Waals surface area contributed by atoms with Gasteiger partial charge in [0.05, 0.1) is 36.4 Å². The van der Waals surface area contributed by atoms with Crippen LogP contribution in [0.2, 0.25) is 0 Å². The molecule has 0 radical (unpaired) electrons. The van der Waals surface area contributed by atoms with Crippen LogP contribution in [0.5, 0.6) is 5.88 Å². The summed E-state index contributed by atoms with van der Waals surface area (Å²) in [5, 5.41) is 8.40. The average Bonchev–Trinajstić information content (AvgIpc) is 3.55. The zero-order chi connectivity index (χ0) is 39.4. The third-order valence-electron chi connectivity index (χ3n) is 8.58. The normalized spacial score (nSPS) is 22.0. The smallest absolute Gasteiger partial charge is 0.338 e. The molecule has 0 saturated carbocycles. The fraction of sp³-hybridized carbons (Fsp3) is 0.472. The first kappa shape index (κ1) is 39.3. The number of hydrogen-bond donors (Lipinski definition) is 0. The van der Waals surface area contributed by atoms with E-state index in [-0.39, 0.29) is 47.4 Å². The van der Waals surface area contributed by atoms with Crippen LogP contribution in [-0.4, -0.2) is 92.0 Å². The van der Waals surface area contributed by atoms with Crippen LogP contribution in [0.3, 0.4) is 0 Å². The van der Waals surface area contributed by atoms with Crippen molar-refractivity contribution in [3.05, 3.63) is 80.4 Å². The lowest BCUT2D eigenvalue weighted by Crippen LogP contribution is -2.60. The number of aromatic nitrogens is 5. The molecule has 2 aliphatic rings. The fourth-order valence-corrected chi connectivity index (χ4v) is 6.36. The number of nitrogens with zero attached hydrogens (tertiary/aromatic N) is 5. The molecule has 18 heteroatoms. The molecular weight excluding hydrogens is 710 g/mol. The van der Waals surface area contributed by atoms with E-state index in [9.17, 15) is 28.8 Å². The number of carbonyl (C=O) groups excluding carboxylic acids is 5. The van der Waals surface area contributed by atoms with Crippen molar-refractivity contribution in [3.63, 3.8) is 0 Å². The maximum Gasteiger partial charge on any atom is 0.338 e. The van der Waals surface area contributed by atoms with Crippen LogP contribution >= 0.6 is 0 Å². The van der Waals surface area contributed by atoms with E-state index < -0.39 is 78.6 Å². The largest absolute Gasteiger partial charge is 0.463 e. The quantitative estimate of drug-likeness (QED) is 0.203. The van der Waals surface area contributed by atoms with Crippen molar-refractivity contribution in [2.24, 2.45) is 0 Å². The van der Waals surface area contributed by atoms with Gasteiger partial charge in [0.2, 0.25) is 5.88 Å². The molecule has 1 unspecified atom stereocenters. The number of aryl methyl sites for hydroxylation is 2. The van der Waals surface area contributed by atoms with Gasteiger partial charge in [-0.25, -0.2) is 9.48 Å². The minimum absolute atomic E-state index is 0.0472. The molecule has 0 spiro atoms. The Morgan fingerprint density at radius 3 is 2.07 bits per heavy atom. The summed E-state index contributed by atoms with van der Waals surface area (Å²) in [6.07, 6.45) is -5.39. The molecule has 54 heavy (non-hydrogen) atoms. The number of ether oxygens (including phenoxy) is 7. The molecule has 1 fully saturated rings. The van der Waals surface area contributed by atoms with Gasteiger partial charge in [0, 0.05) is 27.7 Å². The summed E-state index contributed by atoms with van der Waals surface area (Å²) in [5.41, 5.74) is 1.61. The first-order chi connectivity index (χ1) is 25.6. The molecule has 288 valence electrons. The molecule has 0 amide bonds. The Balaban J connectivity index is 1.56. The van der Waals surface area contributed by atoms with Gasteiger partial charge in [-0.3, -0.25) is 28.5 Å². The van der Waals surface area contributed by atoms with Crippen molar-refractivity contribution in [1.82, 2.24) is 24.5 Å². The number of rotatable bonds is 11. The van der Waals surface area contributed by atoms with Crippen LogP contribution in [0.25, 0.3) is 0 Å². The molecule has 0 bridgehead atoms. The summed E-state index contributed by atoms with van der Waals surface area (Å²) in [7, 11) is 0. The second-order valence-electron chi connectivity index (χ2n) is 12.7. The van der Waals surface area contributed by atoms with Crippen molar-refractivity contribution in [2.75, 3.05) is 13.2 Å². The summed E-state index contributed by atoms with van der Waals surface area (Å²) in [5.74, 6) is -3.96. The zero-order valence-corrected chi connectivity index (χ0v) is 31.0. The van der Waals surface area contributed by atoms with Gasteiger partial charge in [0.15, 0.2) is 24.5 Å². The second kappa shape index (κ2) is 16.4. The Morgan fingerprint density at radius 2 is 1.46 bits per heavy atom. The van der Waals surface area contributed by atoms with Crippen LogP contribution in [0.15, 0.2) is 46.6 Å². The highest BCUT2D eigenvalue weighted by Gasteiger charge is 2.53. The van der Waals surface area contributed by atoms with E-state index in [4.69, 9.17) is 33.2 Å². The predicted molar refractivity (Wildman–Crippen MR) is 183 cm³/mol. The van der Waals surface area contributed by atoms with Crippen molar-refractivity contribution >= 4 is 29.8 Å². The van der Waals surface area contributed by atoms with Crippen molar-refractivity contribution < 1.29 is 57.1 Å². The molecule has 0 aliphatic carbocycles. The molecular formula is C36H41N5O13. The second-order valence-corrected chi connectivity index (χ2v) is 12.7. The molecule has 3 aromatic rings. The Kier molecular flexibility index (Phi) is 11.9. The maximum atomic E-state index is 14.4. The van der Waals surface area contributed by atoms with E-state index in [0.717, 1.165) is 26.3 Å². The standard InChI is InChI=1S/C36H41N5O13/c1-9-48-36(47)27-18(3)50-33-29(28(27)24-12-10-17(2)11-13-24)34(46)40(19(4)37-33)14-25-15-41(39-38-25)35-32(53-23(8)45)31(52-22(7)44)30(51-21(6)43)26(54-35)16-49-20(5)42/h10-13,15,26,28,30-32,35H,9,14,16H2,1-8H3/t26-,28?,30-,31+,32-,35-/m1/s1. The molecule has 18 nitrogen and oxygen atoms in total. The van der Waals surface area contributed by atoms with Crippen LogP contribution < -0.4 is 10.3 Å². The number of esters is 5. The van der Waals surface area contributed by atoms with Crippen molar-refractivity contribution in [3.8, 4) is 5.88 Å². The topological polar surface area (TPSA) is 216 Å². The molecule has 1 saturated heterocycles. The van der Waals surface area contributed by atoms with Gasteiger partial charge in [-0.05, 0) is 33.3 Å². The van der Waals surface area contributed by atoms with Gasteiger partial charge in [-0.1, -0.05) is 35.0 Å². The Morgan fingerprint density at radius 1 is 0.833 bits per heavy atom. The van der Waals surface area contributed by atoms with Crippen LogP contribution in [-0.2, 0) is 58.9 Å². The van der Waals surface area contributed by atoms with E-state index >= 15 is 0 Å². The third kappa shape index (κ3) is 8.48. The van der Waals surface area contributed by atoms with Gasteiger partial charge in [-0.15, -0.1) is 5.10 Å². The number of hydrogen-bond acceptors (Lipinski definition) is 16. The average molecular weight is 752 g/mol. The van der Waals surface area contributed by atoms with E-state index in [1.165, 1.54) is 22.4 Å². The van der Waals surface area contributed by atoms with Crippen molar-refractivity contribution in [1.29, 1.82) is 0 Å². The van der Waals surface area contributed by atoms with Crippen LogP contribution in [0.4, 0.5) is 0 Å². The van der Waals surface area contributed by atoms with E-state index in [1.54, 1.807) is 20.8 Å². The zero-order valence-electron chi connectivity index (χ0n) is 31.0. The highest BCUT2D eigenvalue weighted by Crippen LogP contribution is 2.41. The van der Waals surface area contributed by atoms with Gasteiger partial charge < -0.3 is 33.2 Å². The molecule has 2 aromatic heterocycles. The van der Waals surface area contributed by atoms with E-state index in [2.05, 4.69) is 15.3 Å². The van der Waals surface area contributed by atoms with Crippen LogP contribution in [0, 0.1) is 13.8 Å². The summed E-state index contributed by atoms with van der Waals surface area (Å²) >= 11 is 0. The minimum Gasteiger partial charge on any atom is -0.463 e. The van der Waals surface area contributed by atoms with Gasteiger partial charge >= 0.3 is 29.8 Å². The van der Waals surface area contributed by atoms with E-state index in [0.29, 0.717) is 5.56 Å². The summed E-state index contributed by atoms with van der Waals surface area (Å²) in [6.45, 7) is 10.8. The SMILES string of the molecule is CCOC(=O)C1=C(C)Oc2nc(C)n(Cc3cn([C@@H]4O[C@H](COC(C)=O)[C@@H](OC(C)=O)[C@H](OC(C)=O)[C@H]4OC(C)=O)nn3)c(=O)c2C1c1ccc(C)cc1. The number of fused-ring (bicyclic) bond motifs is 1. The summed E-state index contributed by atoms with van der Waals surface area (Å²) < 4.78 is 41.7. The number of carbonyl (C=O) groups is 5. The molecule has 4 heterocycles. The maximum absolute atomic E-state index is 14.4. The predicted octanol–water partition coefficient (Wildman–Crippen LogP) is 2.12. The fourth-order valence-electron chi connectivity index (χ4n) is 6.36. The summed E-state index contributed by atoms with van der Waals surface area (Å²) in [4.78, 5) is 80.8. The first-order valence-electron chi connectivity index (χ1n) is 17.0. The van der Waals surface area contributed by atoms with Gasteiger partial charge in [0.1, 0.15) is 30.0 Å². The first-order valence-corrected chi connectivity index (χ1v) is 17.0. The highest BCUT2D eigenvalue weighted by atomic mass is 16.7. The molecule has 5 rings (SSSR count). The number of allylic oxidation sites excluding steroid dienone is 1. The van der Waals surface area contributed by atoms with Crippen LogP contribution in [0.1, 0.15) is 81.9 Å². The lowest BCUT2D eigenvalue weighted by molar-refractivity contribution is -0.270. The third-order valence-corrected chi connectivity index (χ3v) is 8.58. The van der Waals surface area contributed by atoms with Gasteiger partial charge in [-0.2, -0.15) is 4.98 Å².